The highest BCUT2D eigenvalue weighted by atomic mass is 16.5. The number of rotatable bonds is 4. The Hall–Kier alpha value is -2.40. The summed E-state index contributed by atoms with van der Waals surface area (Å²) in [6.45, 7) is 2.33. The van der Waals surface area contributed by atoms with Crippen molar-refractivity contribution in [3.63, 3.8) is 0 Å². The van der Waals surface area contributed by atoms with Crippen LogP contribution in [0, 0.1) is 5.92 Å². The fraction of sp³-hybridized carbons (Fsp3) is 0.429. The Bertz CT molecular complexity index is 806. The van der Waals surface area contributed by atoms with E-state index in [0.29, 0.717) is 6.54 Å². The van der Waals surface area contributed by atoms with Gasteiger partial charge in [-0.05, 0) is 43.0 Å². The van der Waals surface area contributed by atoms with Gasteiger partial charge in [-0.15, -0.1) is 0 Å². The zero-order valence-corrected chi connectivity index (χ0v) is 14.8. The van der Waals surface area contributed by atoms with Gasteiger partial charge >= 0.3 is 0 Å². The molecule has 2 unspecified atom stereocenters. The maximum absolute atomic E-state index is 13.5. The second-order valence-electron chi connectivity index (χ2n) is 7.60. The number of carbonyl (C=O) groups excluding carboxylic acids is 1. The minimum atomic E-state index is -0.0855. The maximum Gasteiger partial charge on any atom is 0.244 e. The number of pyridine rings is 1. The first-order valence-corrected chi connectivity index (χ1v) is 9.49. The number of likely N-dealkylation sites (tertiary alicyclic amines) is 1. The quantitative estimate of drug-likeness (QED) is 0.851. The molecule has 3 aliphatic rings. The van der Waals surface area contributed by atoms with E-state index in [4.69, 9.17) is 4.74 Å². The van der Waals surface area contributed by atoms with E-state index in [2.05, 4.69) is 9.88 Å². The molecule has 2 aliphatic heterocycles. The Kier molecular flexibility index (Phi) is 3.89. The van der Waals surface area contributed by atoms with Crippen molar-refractivity contribution in [3.8, 4) is 5.75 Å². The third kappa shape index (κ3) is 2.97. The van der Waals surface area contributed by atoms with Crippen molar-refractivity contribution in [1.29, 1.82) is 0 Å². The van der Waals surface area contributed by atoms with Crippen molar-refractivity contribution in [2.24, 2.45) is 5.92 Å². The molecule has 5 heteroatoms. The van der Waals surface area contributed by atoms with Crippen LogP contribution in [0.3, 0.4) is 0 Å². The van der Waals surface area contributed by atoms with Crippen LogP contribution in [0.15, 0.2) is 48.7 Å². The number of fused-ring (bicyclic) bond motifs is 3. The van der Waals surface area contributed by atoms with Crippen molar-refractivity contribution < 1.29 is 9.53 Å². The normalized spacial score (nSPS) is 25.4. The predicted octanol–water partition coefficient (Wildman–Crippen LogP) is 2.86. The zero-order chi connectivity index (χ0) is 17.5. The highest BCUT2D eigenvalue weighted by Crippen LogP contribution is 2.38. The number of carbonyl (C=O) groups is 1. The Labute approximate surface area is 153 Å². The number of ether oxygens (including phenoxy) is 1. The van der Waals surface area contributed by atoms with Crippen molar-refractivity contribution >= 4 is 11.6 Å². The van der Waals surface area contributed by atoms with E-state index in [1.165, 1.54) is 12.8 Å². The van der Waals surface area contributed by atoms with Crippen LogP contribution in [0.5, 0.6) is 5.75 Å². The van der Waals surface area contributed by atoms with E-state index in [9.17, 15) is 4.79 Å². The summed E-state index contributed by atoms with van der Waals surface area (Å²) in [6, 6.07) is 13.6. The lowest BCUT2D eigenvalue weighted by Crippen LogP contribution is -2.46. The fourth-order valence-electron chi connectivity index (χ4n) is 4.11. The Morgan fingerprint density at radius 2 is 1.96 bits per heavy atom. The molecule has 2 fully saturated rings. The Balaban J connectivity index is 1.51. The van der Waals surface area contributed by atoms with Crippen LogP contribution in [0.25, 0.3) is 0 Å². The maximum atomic E-state index is 13.5. The molecule has 1 saturated carbocycles. The molecule has 2 bridgehead atoms. The first-order valence-electron chi connectivity index (χ1n) is 9.49. The molecule has 1 aliphatic carbocycles. The average Bonchev–Trinajstić information content (AvgIpc) is 3.38. The van der Waals surface area contributed by atoms with Crippen LogP contribution in [0.1, 0.15) is 25.0 Å². The number of hydrogen-bond acceptors (Lipinski definition) is 4. The molecule has 1 saturated heterocycles. The van der Waals surface area contributed by atoms with Crippen LogP contribution >= 0.6 is 0 Å². The van der Waals surface area contributed by atoms with Gasteiger partial charge in [0.2, 0.25) is 5.91 Å². The lowest BCUT2D eigenvalue weighted by atomic mass is 10.1. The van der Waals surface area contributed by atoms with E-state index in [1.54, 1.807) is 6.20 Å². The zero-order valence-electron chi connectivity index (χ0n) is 14.8. The molecule has 2 aromatic rings. The Morgan fingerprint density at radius 3 is 2.77 bits per heavy atom. The molecule has 2 atom stereocenters. The van der Waals surface area contributed by atoms with Crippen molar-refractivity contribution in [2.45, 2.75) is 38.0 Å². The number of nitrogens with zero attached hydrogens (tertiary/aromatic N) is 3. The second kappa shape index (κ2) is 6.40. The smallest absolute Gasteiger partial charge is 0.244 e. The van der Waals surface area contributed by atoms with Crippen molar-refractivity contribution in [2.75, 3.05) is 18.0 Å². The van der Waals surface area contributed by atoms with E-state index >= 15 is 0 Å². The standard InChI is InChI=1S/C21H23N3O2/c25-21-19-11-17(14-23(19)12-15-8-9-15)26-20-7-2-1-6-18(20)24(21)13-16-5-3-4-10-22-16/h1-7,10,15,17,19H,8-9,11-14H2. The van der Waals surface area contributed by atoms with Crippen LogP contribution in [0.4, 0.5) is 5.69 Å². The van der Waals surface area contributed by atoms with Crippen molar-refractivity contribution in [3.05, 3.63) is 54.4 Å². The third-order valence-electron chi connectivity index (χ3n) is 5.60. The van der Waals surface area contributed by atoms with Gasteiger partial charge < -0.3 is 9.64 Å². The molecule has 3 heterocycles. The summed E-state index contributed by atoms with van der Waals surface area (Å²) in [4.78, 5) is 22.2. The number of anilines is 1. The fourth-order valence-corrected chi connectivity index (χ4v) is 4.11. The monoisotopic (exact) mass is 349 g/mol. The first kappa shape index (κ1) is 15.8. The second-order valence-corrected chi connectivity index (χ2v) is 7.60. The van der Waals surface area contributed by atoms with Gasteiger partial charge in [-0.2, -0.15) is 0 Å². The minimum absolute atomic E-state index is 0.0855. The molecule has 0 N–H and O–H groups in total. The van der Waals surface area contributed by atoms with E-state index in [0.717, 1.165) is 42.6 Å². The number of para-hydroxylation sites is 2. The summed E-state index contributed by atoms with van der Waals surface area (Å²) in [7, 11) is 0. The van der Waals surface area contributed by atoms with Gasteiger partial charge in [0, 0.05) is 25.7 Å². The molecule has 134 valence electrons. The lowest BCUT2D eigenvalue weighted by Gasteiger charge is -2.31. The molecule has 0 spiro atoms. The summed E-state index contributed by atoms with van der Waals surface area (Å²) in [6.07, 6.45) is 5.23. The van der Waals surface area contributed by atoms with Gasteiger partial charge in [-0.3, -0.25) is 14.7 Å². The number of aromatic nitrogens is 1. The largest absolute Gasteiger partial charge is 0.487 e. The summed E-state index contributed by atoms with van der Waals surface area (Å²) >= 11 is 0. The highest BCUT2D eigenvalue weighted by Gasteiger charge is 2.44. The summed E-state index contributed by atoms with van der Waals surface area (Å²) in [5, 5.41) is 0. The third-order valence-corrected chi connectivity index (χ3v) is 5.60. The van der Waals surface area contributed by atoms with Gasteiger partial charge in [0.05, 0.1) is 24.0 Å². The number of benzene rings is 1. The van der Waals surface area contributed by atoms with Gasteiger partial charge in [0.15, 0.2) is 0 Å². The van der Waals surface area contributed by atoms with E-state index in [-0.39, 0.29) is 18.1 Å². The highest BCUT2D eigenvalue weighted by molar-refractivity contribution is 5.99. The van der Waals surface area contributed by atoms with Gasteiger partial charge in [-0.1, -0.05) is 18.2 Å². The first-order chi connectivity index (χ1) is 12.8. The Morgan fingerprint density at radius 1 is 1.12 bits per heavy atom. The average molecular weight is 349 g/mol. The SMILES string of the molecule is O=C1C2CC(CN2CC2CC2)Oc2ccccc2N1Cc1ccccn1. The van der Waals surface area contributed by atoms with E-state index < -0.39 is 0 Å². The summed E-state index contributed by atoms with van der Waals surface area (Å²) in [5.41, 5.74) is 1.74. The summed E-state index contributed by atoms with van der Waals surface area (Å²) < 4.78 is 6.32. The molecule has 0 radical (unpaired) electrons. The van der Waals surface area contributed by atoms with Crippen LogP contribution < -0.4 is 9.64 Å². The van der Waals surface area contributed by atoms with Crippen LogP contribution in [-0.4, -0.2) is 41.0 Å². The van der Waals surface area contributed by atoms with Crippen LogP contribution in [0.2, 0.25) is 0 Å². The van der Waals surface area contributed by atoms with E-state index in [1.807, 2.05) is 47.4 Å². The molecule has 26 heavy (non-hydrogen) atoms. The molecule has 5 rings (SSSR count). The lowest BCUT2D eigenvalue weighted by molar-refractivity contribution is -0.123. The number of amides is 1. The minimum Gasteiger partial charge on any atom is -0.487 e. The van der Waals surface area contributed by atoms with Gasteiger partial charge in [-0.25, -0.2) is 0 Å². The molecular weight excluding hydrogens is 326 g/mol. The van der Waals surface area contributed by atoms with Crippen molar-refractivity contribution in [1.82, 2.24) is 9.88 Å². The summed E-state index contributed by atoms with van der Waals surface area (Å²) in [5.74, 6) is 1.74. The topological polar surface area (TPSA) is 45.7 Å². The van der Waals surface area contributed by atoms with Crippen LogP contribution in [-0.2, 0) is 11.3 Å². The molecule has 1 amide bonds. The predicted molar refractivity (Wildman–Crippen MR) is 99.0 cm³/mol. The number of hydrogen-bond donors (Lipinski definition) is 0. The molecular formula is C21H23N3O2. The molecule has 5 nitrogen and oxygen atoms in total. The molecule has 1 aromatic carbocycles. The van der Waals surface area contributed by atoms with Gasteiger partial charge in [0.1, 0.15) is 11.9 Å². The molecule has 1 aromatic heterocycles. The van der Waals surface area contributed by atoms with Gasteiger partial charge in [0.25, 0.3) is 0 Å².